The number of fused-ring (bicyclic) bond motifs is 4. The van der Waals surface area contributed by atoms with Crippen molar-refractivity contribution in [1.82, 2.24) is 9.80 Å². The molecule has 1 aromatic carbocycles. The molecular formula is C25H24N2O10. The molecule has 194 valence electrons. The molecule has 0 radical (unpaired) electrons. The Morgan fingerprint density at radius 3 is 2.00 bits per heavy atom. The maximum Gasteiger partial charge on any atom is 0.423 e. The third-order valence-electron chi connectivity index (χ3n) is 7.92. The first-order valence-corrected chi connectivity index (χ1v) is 11.6. The number of phenolic OH excluding ortho intramolecular Hbond substituents is 1. The SMILES string of the molecule is COC(=O)N1C(=O)C2CC=C3C(CC4C(=O)N(C(=O)OC)C(=O)C4C3c3ccc(OC)c(O)c3)C2C1=O. The molecule has 0 spiro atoms. The average molecular weight is 512 g/mol. The number of methoxy groups -OCH3 is 3. The second-order valence-corrected chi connectivity index (χ2v) is 9.42. The molecule has 12 heteroatoms. The summed E-state index contributed by atoms with van der Waals surface area (Å²) in [7, 11) is 3.51. The van der Waals surface area contributed by atoms with Gasteiger partial charge in [0, 0.05) is 5.92 Å². The van der Waals surface area contributed by atoms with Crippen LogP contribution in [0, 0.1) is 29.6 Å². The molecule has 6 atom stereocenters. The summed E-state index contributed by atoms with van der Waals surface area (Å²) in [5, 5.41) is 10.5. The quantitative estimate of drug-likeness (QED) is 0.456. The highest BCUT2D eigenvalue weighted by molar-refractivity contribution is 6.17. The van der Waals surface area contributed by atoms with Crippen molar-refractivity contribution in [3.63, 3.8) is 0 Å². The van der Waals surface area contributed by atoms with Gasteiger partial charge in [-0.15, -0.1) is 0 Å². The minimum atomic E-state index is -1.11. The Bertz CT molecular complexity index is 1290. The van der Waals surface area contributed by atoms with Crippen molar-refractivity contribution in [2.75, 3.05) is 21.3 Å². The summed E-state index contributed by atoms with van der Waals surface area (Å²) in [6, 6.07) is 4.56. The number of rotatable bonds is 2. The molecule has 12 nitrogen and oxygen atoms in total. The second-order valence-electron chi connectivity index (χ2n) is 9.42. The van der Waals surface area contributed by atoms with Crippen LogP contribution in [0.15, 0.2) is 29.8 Å². The number of allylic oxidation sites excluding steroid dienone is 2. The lowest BCUT2D eigenvalue weighted by molar-refractivity contribution is -0.139. The molecule has 2 heterocycles. The van der Waals surface area contributed by atoms with Crippen LogP contribution in [-0.2, 0) is 28.7 Å². The lowest BCUT2D eigenvalue weighted by Crippen LogP contribution is -2.43. The van der Waals surface area contributed by atoms with Gasteiger partial charge < -0.3 is 19.3 Å². The van der Waals surface area contributed by atoms with Gasteiger partial charge in [-0.1, -0.05) is 17.7 Å². The smallest absolute Gasteiger partial charge is 0.423 e. The fourth-order valence-electron chi connectivity index (χ4n) is 6.41. The number of phenols is 1. The Labute approximate surface area is 210 Å². The van der Waals surface area contributed by atoms with E-state index in [9.17, 15) is 33.9 Å². The highest BCUT2D eigenvalue weighted by atomic mass is 16.5. The van der Waals surface area contributed by atoms with Crippen LogP contribution in [0.3, 0.4) is 0 Å². The largest absolute Gasteiger partial charge is 0.504 e. The molecular weight excluding hydrogens is 488 g/mol. The van der Waals surface area contributed by atoms with Gasteiger partial charge in [0.05, 0.1) is 45.0 Å². The zero-order valence-corrected chi connectivity index (χ0v) is 20.2. The Morgan fingerprint density at radius 2 is 1.43 bits per heavy atom. The summed E-state index contributed by atoms with van der Waals surface area (Å²) in [6.45, 7) is 0. The number of hydrogen-bond donors (Lipinski definition) is 1. The van der Waals surface area contributed by atoms with Gasteiger partial charge in [-0.25, -0.2) is 9.59 Å². The Kier molecular flexibility index (Phi) is 5.76. The number of ether oxygens (including phenoxy) is 3. The van der Waals surface area contributed by atoms with Crippen molar-refractivity contribution in [3.05, 3.63) is 35.4 Å². The predicted molar refractivity (Wildman–Crippen MR) is 121 cm³/mol. The van der Waals surface area contributed by atoms with Gasteiger partial charge in [-0.2, -0.15) is 9.80 Å². The zero-order valence-electron chi connectivity index (χ0n) is 20.2. The molecule has 1 saturated carbocycles. The summed E-state index contributed by atoms with van der Waals surface area (Å²) >= 11 is 0. The minimum Gasteiger partial charge on any atom is -0.504 e. The Hall–Kier alpha value is -4.22. The summed E-state index contributed by atoms with van der Waals surface area (Å²) in [6.07, 6.45) is -0.284. The van der Waals surface area contributed by atoms with E-state index in [1.165, 1.54) is 19.2 Å². The van der Waals surface area contributed by atoms with Crippen molar-refractivity contribution in [1.29, 1.82) is 0 Å². The average Bonchev–Trinajstić information content (AvgIpc) is 3.30. The Morgan fingerprint density at radius 1 is 0.838 bits per heavy atom. The predicted octanol–water partition coefficient (Wildman–Crippen LogP) is 1.57. The molecule has 4 aliphatic rings. The number of hydrogen-bond acceptors (Lipinski definition) is 10. The molecule has 6 unspecified atom stereocenters. The molecule has 0 aromatic heterocycles. The van der Waals surface area contributed by atoms with Crippen LogP contribution in [0.2, 0.25) is 0 Å². The van der Waals surface area contributed by atoms with Crippen LogP contribution < -0.4 is 4.74 Å². The van der Waals surface area contributed by atoms with E-state index >= 15 is 0 Å². The number of nitrogens with zero attached hydrogens (tertiary/aromatic N) is 2. The van der Waals surface area contributed by atoms with Crippen molar-refractivity contribution in [3.8, 4) is 11.5 Å². The van der Waals surface area contributed by atoms with Gasteiger partial charge in [0.1, 0.15) is 0 Å². The van der Waals surface area contributed by atoms with Crippen LogP contribution in [-0.4, -0.2) is 72.1 Å². The third-order valence-corrected chi connectivity index (χ3v) is 7.92. The van der Waals surface area contributed by atoms with Gasteiger partial charge in [0.15, 0.2) is 11.5 Å². The van der Waals surface area contributed by atoms with E-state index in [-0.39, 0.29) is 24.3 Å². The van der Waals surface area contributed by atoms with Gasteiger partial charge in [0.2, 0.25) is 23.6 Å². The van der Waals surface area contributed by atoms with Crippen molar-refractivity contribution >= 4 is 35.8 Å². The maximum atomic E-state index is 13.4. The van der Waals surface area contributed by atoms with Gasteiger partial charge in [-0.05, 0) is 36.5 Å². The third kappa shape index (κ3) is 3.35. The molecule has 2 aliphatic heterocycles. The topological polar surface area (TPSA) is 157 Å². The summed E-state index contributed by atoms with van der Waals surface area (Å²) in [4.78, 5) is 78.5. The monoisotopic (exact) mass is 512 g/mol. The molecule has 3 fully saturated rings. The highest BCUT2D eigenvalue weighted by Crippen LogP contribution is 2.58. The number of carbonyl (C=O) groups excluding carboxylic acids is 6. The normalized spacial score (nSPS) is 30.4. The number of imide groups is 6. The van der Waals surface area contributed by atoms with Crippen molar-refractivity contribution < 1.29 is 48.1 Å². The summed E-state index contributed by atoms with van der Waals surface area (Å²) in [5.41, 5.74) is 1.10. The number of benzene rings is 1. The molecule has 2 saturated heterocycles. The molecule has 1 N–H and O–H groups in total. The lowest BCUT2D eigenvalue weighted by atomic mass is 9.57. The van der Waals surface area contributed by atoms with Crippen LogP contribution in [0.5, 0.6) is 11.5 Å². The first kappa shape index (κ1) is 24.5. The van der Waals surface area contributed by atoms with Gasteiger partial charge >= 0.3 is 12.2 Å². The Balaban J connectivity index is 1.64. The number of amides is 6. The lowest BCUT2D eigenvalue weighted by Gasteiger charge is -2.44. The first-order valence-electron chi connectivity index (χ1n) is 11.6. The second kappa shape index (κ2) is 8.71. The van der Waals surface area contributed by atoms with E-state index in [0.717, 1.165) is 14.2 Å². The van der Waals surface area contributed by atoms with Crippen molar-refractivity contribution in [2.24, 2.45) is 29.6 Å². The minimum absolute atomic E-state index is 0.0163. The van der Waals surface area contributed by atoms with Crippen LogP contribution >= 0.6 is 0 Å². The molecule has 0 bridgehead atoms. The van der Waals surface area contributed by atoms with Crippen LogP contribution in [0.4, 0.5) is 9.59 Å². The maximum absolute atomic E-state index is 13.4. The molecule has 6 amide bonds. The number of carbonyl (C=O) groups is 6. The first-order chi connectivity index (χ1) is 17.7. The zero-order chi connectivity index (χ0) is 26.8. The van der Waals surface area contributed by atoms with E-state index in [1.807, 2.05) is 0 Å². The van der Waals surface area contributed by atoms with E-state index in [1.54, 1.807) is 12.1 Å². The van der Waals surface area contributed by atoms with Crippen molar-refractivity contribution in [2.45, 2.75) is 18.8 Å². The molecule has 2 aliphatic carbocycles. The van der Waals surface area contributed by atoms with E-state index in [4.69, 9.17) is 4.74 Å². The summed E-state index contributed by atoms with van der Waals surface area (Å²) in [5.74, 6) is -8.13. The number of aromatic hydroxyl groups is 1. The fourth-order valence-corrected chi connectivity index (χ4v) is 6.41. The van der Waals surface area contributed by atoms with Crippen LogP contribution in [0.25, 0.3) is 0 Å². The highest BCUT2D eigenvalue weighted by Gasteiger charge is 2.63. The van der Waals surface area contributed by atoms with Gasteiger partial charge in [0.25, 0.3) is 0 Å². The summed E-state index contributed by atoms with van der Waals surface area (Å²) < 4.78 is 14.4. The van der Waals surface area contributed by atoms with Crippen LogP contribution in [0.1, 0.15) is 24.3 Å². The van der Waals surface area contributed by atoms with E-state index in [0.29, 0.717) is 20.9 Å². The number of likely N-dealkylation sites (tertiary alicyclic amines) is 2. The van der Waals surface area contributed by atoms with E-state index < -0.39 is 71.3 Å². The molecule has 5 rings (SSSR count). The van der Waals surface area contributed by atoms with E-state index in [2.05, 4.69) is 9.47 Å². The molecule has 37 heavy (non-hydrogen) atoms. The fraction of sp³-hybridized carbons (Fsp3) is 0.440. The molecule has 1 aromatic rings. The standard InChI is InChI=1S/C25H24N2O10/c1-35-16-7-4-10(8-15(16)28)17-11-5-6-12-18(22(31)26(20(12)29)24(33)36-2)13(11)9-14-19(17)23(32)27(21(14)30)25(34)37-3/h4-5,7-8,12-14,17-19,28H,6,9H2,1-3H3. The van der Waals surface area contributed by atoms with Gasteiger partial charge in [-0.3, -0.25) is 19.2 Å².